The van der Waals surface area contributed by atoms with Gasteiger partial charge < -0.3 is 5.73 Å². The number of nitrogens with zero attached hydrogens (tertiary/aromatic N) is 1. The maximum absolute atomic E-state index is 5.96. The van der Waals surface area contributed by atoms with Crippen LogP contribution in [0.3, 0.4) is 0 Å². The van der Waals surface area contributed by atoms with Crippen molar-refractivity contribution in [1.29, 1.82) is 0 Å². The number of hydrogen-bond acceptors (Lipinski definition) is 3. The zero-order valence-corrected chi connectivity index (χ0v) is 14.3. The largest absolute Gasteiger partial charge is 0.330 e. The predicted octanol–water partition coefficient (Wildman–Crippen LogP) is 3.99. The molecule has 1 saturated carbocycles. The number of rotatable bonds is 4. The van der Waals surface area contributed by atoms with Crippen molar-refractivity contribution in [3.8, 4) is 0 Å². The first-order chi connectivity index (χ1) is 9.41. The lowest BCUT2D eigenvalue weighted by Gasteiger charge is -2.37. The summed E-state index contributed by atoms with van der Waals surface area (Å²) < 4.78 is 0. The molecule has 2 nitrogen and oxygen atoms in total. The summed E-state index contributed by atoms with van der Waals surface area (Å²) >= 11 is 1.97. The topological polar surface area (TPSA) is 29.3 Å². The van der Waals surface area contributed by atoms with E-state index < -0.39 is 0 Å². The van der Waals surface area contributed by atoms with Gasteiger partial charge in [-0.15, -0.1) is 11.3 Å². The van der Waals surface area contributed by atoms with E-state index in [2.05, 4.69) is 44.9 Å². The second-order valence-corrected chi connectivity index (χ2v) is 8.45. The van der Waals surface area contributed by atoms with Crippen molar-refractivity contribution in [2.45, 2.75) is 64.5 Å². The third kappa shape index (κ3) is 3.84. The van der Waals surface area contributed by atoms with Crippen LogP contribution in [0, 0.1) is 5.92 Å². The van der Waals surface area contributed by atoms with Crippen LogP contribution in [0.1, 0.15) is 56.2 Å². The van der Waals surface area contributed by atoms with Gasteiger partial charge in [-0.2, -0.15) is 0 Å². The zero-order valence-electron chi connectivity index (χ0n) is 13.5. The third-order valence-electron chi connectivity index (χ3n) is 4.54. The minimum absolute atomic E-state index is 0.270. The second kappa shape index (κ2) is 6.59. The van der Waals surface area contributed by atoms with Gasteiger partial charge in [0, 0.05) is 22.3 Å². The van der Waals surface area contributed by atoms with Crippen molar-refractivity contribution < 1.29 is 0 Å². The first-order valence-corrected chi connectivity index (χ1v) is 8.73. The van der Waals surface area contributed by atoms with Gasteiger partial charge in [-0.3, -0.25) is 4.90 Å². The van der Waals surface area contributed by atoms with Crippen LogP contribution in [0.4, 0.5) is 0 Å². The van der Waals surface area contributed by atoms with Gasteiger partial charge in [-0.1, -0.05) is 33.6 Å². The molecule has 0 aliphatic heterocycles. The van der Waals surface area contributed by atoms with Gasteiger partial charge in [-0.05, 0) is 49.9 Å². The summed E-state index contributed by atoms with van der Waals surface area (Å²) in [5.41, 5.74) is 6.23. The van der Waals surface area contributed by atoms with Crippen LogP contribution in [0.5, 0.6) is 0 Å². The highest BCUT2D eigenvalue weighted by Crippen LogP contribution is 2.32. The molecule has 1 aliphatic carbocycles. The fraction of sp³-hybridized carbons (Fsp3) is 0.765. The molecule has 3 heteroatoms. The molecule has 1 aliphatic rings. The summed E-state index contributed by atoms with van der Waals surface area (Å²) in [7, 11) is 2.27. The van der Waals surface area contributed by atoms with Crippen LogP contribution >= 0.6 is 11.3 Å². The van der Waals surface area contributed by atoms with Crippen molar-refractivity contribution in [2.24, 2.45) is 11.7 Å². The molecule has 2 unspecified atom stereocenters. The molecule has 0 spiro atoms. The van der Waals surface area contributed by atoms with Gasteiger partial charge in [0.15, 0.2) is 0 Å². The standard InChI is InChI=1S/C17H30N2S/c1-17(2,3)16-10-9-14(20-16)12-19(4)15-8-6-5-7-13(15)11-18/h9-10,13,15H,5-8,11-12,18H2,1-4H3. The molecular weight excluding hydrogens is 264 g/mol. The molecule has 2 N–H and O–H groups in total. The normalized spacial score (nSPS) is 24.3. The lowest BCUT2D eigenvalue weighted by Crippen LogP contribution is -2.42. The maximum atomic E-state index is 5.96. The predicted molar refractivity (Wildman–Crippen MR) is 89.3 cm³/mol. The monoisotopic (exact) mass is 294 g/mol. The van der Waals surface area contributed by atoms with Gasteiger partial charge in [-0.25, -0.2) is 0 Å². The molecule has 2 atom stereocenters. The molecule has 0 aromatic carbocycles. The van der Waals surface area contributed by atoms with E-state index in [-0.39, 0.29) is 5.41 Å². The zero-order chi connectivity index (χ0) is 14.8. The van der Waals surface area contributed by atoms with Crippen molar-refractivity contribution in [2.75, 3.05) is 13.6 Å². The SMILES string of the molecule is CN(Cc1ccc(C(C)(C)C)s1)C1CCCCC1CN. The number of nitrogens with two attached hydrogens (primary N) is 1. The Bertz CT molecular complexity index is 419. The van der Waals surface area contributed by atoms with Gasteiger partial charge in [0.25, 0.3) is 0 Å². The summed E-state index contributed by atoms with van der Waals surface area (Å²) in [5.74, 6) is 0.691. The van der Waals surface area contributed by atoms with E-state index >= 15 is 0 Å². The highest BCUT2D eigenvalue weighted by atomic mass is 32.1. The van der Waals surface area contributed by atoms with E-state index in [0.717, 1.165) is 13.1 Å². The van der Waals surface area contributed by atoms with Crippen LogP contribution in [0.2, 0.25) is 0 Å². The van der Waals surface area contributed by atoms with Crippen molar-refractivity contribution >= 4 is 11.3 Å². The summed E-state index contributed by atoms with van der Waals surface area (Å²) in [5, 5.41) is 0. The first-order valence-electron chi connectivity index (χ1n) is 7.91. The minimum Gasteiger partial charge on any atom is -0.330 e. The minimum atomic E-state index is 0.270. The average Bonchev–Trinajstić information content (AvgIpc) is 2.87. The van der Waals surface area contributed by atoms with E-state index in [0.29, 0.717) is 12.0 Å². The van der Waals surface area contributed by atoms with Crippen molar-refractivity contribution in [3.63, 3.8) is 0 Å². The second-order valence-electron chi connectivity index (χ2n) is 7.28. The molecule has 1 heterocycles. The van der Waals surface area contributed by atoms with Gasteiger partial charge in [0.1, 0.15) is 0 Å². The Balaban J connectivity index is 2.00. The van der Waals surface area contributed by atoms with Gasteiger partial charge in [0.2, 0.25) is 0 Å². The molecule has 0 amide bonds. The molecule has 114 valence electrons. The van der Waals surface area contributed by atoms with E-state index in [1.54, 1.807) is 0 Å². The van der Waals surface area contributed by atoms with Gasteiger partial charge in [0.05, 0.1) is 0 Å². The molecule has 1 fully saturated rings. The number of hydrogen-bond donors (Lipinski definition) is 1. The van der Waals surface area contributed by atoms with Crippen molar-refractivity contribution in [1.82, 2.24) is 4.90 Å². The van der Waals surface area contributed by atoms with Crippen LogP contribution in [-0.4, -0.2) is 24.5 Å². The molecule has 1 aromatic heterocycles. The quantitative estimate of drug-likeness (QED) is 0.909. The Kier molecular flexibility index (Phi) is 5.27. The Hall–Kier alpha value is -0.380. The van der Waals surface area contributed by atoms with Crippen LogP contribution in [-0.2, 0) is 12.0 Å². The Morgan fingerprint density at radius 3 is 2.55 bits per heavy atom. The van der Waals surface area contributed by atoms with Crippen molar-refractivity contribution in [3.05, 3.63) is 21.9 Å². The Morgan fingerprint density at radius 1 is 1.25 bits per heavy atom. The summed E-state index contributed by atoms with van der Waals surface area (Å²) in [4.78, 5) is 5.51. The van der Waals surface area contributed by atoms with Crippen LogP contribution in [0.25, 0.3) is 0 Å². The molecule has 0 saturated heterocycles. The molecule has 2 rings (SSSR count). The first kappa shape index (κ1) is 16.0. The molecule has 0 bridgehead atoms. The average molecular weight is 295 g/mol. The highest BCUT2D eigenvalue weighted by Gasteiger charge is 2.27. The fourth-order valence-electron chi connectivity index (χ4n) is 3.27. The number of thiophene rings is 1. The fourth-order valence-corrected chi connectivity index (χ4v) is 4.40. The molecular formula is C17H30N2S. The summed E-state index contributed by atoms with van der Waals surface area (Å²) in [6.45, 7) is 8.78. The molecule has 20 heavy (non-hydrogen) atoms. The lowest BCUT2D eigenvalue weighted by atomic mass is 9.84. The smallest absolute Gasteiger partial charge is 0.0328 e. The summed E-state index contributed by atoms with van der Waals surface area (Å²) in [6, 6.07) is 5.28. The van der Waals surface area contributed by atoms with Crippen LogP contribution in [0.15, 0.2) is 12.1 Å². The Labute approximate surface area is 128 Å². The van der Waals surface area contributed by atoms with E-state index in [4.69, 9.17) is 5.73 Å². The molecule has 1 aromatic rings. The Morgan fingerprint density at radius 2 is 1.95 bits per heavy atom. The van der Waals surface area contributed by atoms with E-state index in [1.807, 2.05) is 11.3 Å². The van der Waals surface area contributed by atoms with Gasteiger partial charge >= 0.3 is 0 Å². The summed E-state index contributed by atoms with van der Waals surface area (Å²) in [6.07, 6.45) is 5.35. The van der Waals surface area contributed by atoms with E-state index in [1.165, 1.54) is 35.4 Å². The van der Waals surface area contributed by atoms with E-state index in [9.17, 15) is 0 Å². The molecule has 0 radical (unpaired) electrons. The lowest BCUT2D eigenvalue weighted by molar-refractivity contribution is 0.128. The maximum Gasteiger partial charge on any atom is 0.0328 e. The van der Waals surface area contributed by atoms with Crippen LogP contribution < -0.4 is 5.73 Å². The third-order valence-corrected chi connectivity index (χ3v) is 6.04. The highest BCUT2D eigenvalue weighted by molar-refractivity contribution is 7.12.